The minimum absolute atomic E-state index is 0.286. The number of carbonyl (C=O) groups is 2. The highest BCUT2D eigenvalue weighted by Crippen LogP contribution is 2.27. The van der Waals surface area contributed by atoms with E-state index >= 15 is 0 Å². The van der Waals surface area contributed by atoms with Gasteiger partial charge in [-0.15, -0.1) is 0 Å². The second kappa shape index (κ2) is 12.9. The number of nitrogen functional groups attached to an aromatic ring is 1. The van der Waals surface area contributed by atoms with Crippen LogP contribution in [0.4, 0.5) is 11.4 Å². The fourth-order valence-electron chi connectivity index (χ4n) is 4.80. The lowest BCUT2D eigenvalue weighted by Gasteiger charge is -2.10. The van der Waals surface area contributed by atoms with Crippen molar-refractivity contribution in [3.63, 3.8) is 0 Å². The number of para-hydroxylation sites is 2. The molecule has 0 saturated heterocycles. The van der Waals surface area contributed by atoms with Crippen molar-refractivity contribution in [1.29, 1.82) is 0 Å². The van der Waals surface area contributed by atoms with Gasteiger partial charge in [0.2, 0.25) is 0 Å². The Morgan fingerprint density at radius 2 is 1.30 bits per heavy atom. The molecular weight excluding hydrogens is 504 g/mol. The molecule has 0 aliphatic carbocycles. The third-order valence-electron chi connectivity index (χ3n) is 6.68. The molecule has 0 amide bonds. The van der Waals surface area contributed by atoms with Gasteiger partial charge in [-0.3, -0.25) is 0 Å². The molecule has 0 fully saturated rings. The van der Waals surface area contributed by atoms with Crippen molar-refractivity contribution in [1.82, 2.24) is 9.13 Å². The van der Waals surface area contributed by atoms with E-state index in [-0.39, 0.29) is 11.9 Å². The first-order valence-corrected chi connectivity index (χ1v) is 13.4. The molecule has 0 saturated carbocycles. The van der Waals surface area contributed by atoms with E-state index in [2.05, 4.69) is 29.6 Å². The molecule has 8 nitrogen and oxygen atoms in total. The number of ether oxygens (including phenoxy) is 2. The number of nitrogens with one attached hydrogen (secondary N) is 1. The molecule has 2 aromatic heterocycles. The number of aryl methyl sites for hydroxylation is 2. The Hall–Kier alpha value is -4.72. The molecule has 0 aliphatic rings. The molecule has 40 heavy (non-hydrogen) atoms. The van der Waals surface area contributed by atoms with Crippen molar-refractivity contribution in [3.05, 3.63) is 95.8 Å². The highest BCUT2D eigenvalue weighted by atomic mass is 16.5. The Morgan fingerprint density at radius 1 is 0.750 bits per heavy atom. The summed E-state index contributed by atoms with van der Waals surface area (Å²) in [5.41, 5.74) is 11.8. The lowest BCUT2D eigenvalue weighted by atomic mass is 10.1. The Morgan fingerprint density at radius 3 is 1.88 bits per heavy atom. The molecule has 0 radical (unpaired) electrons. The van der Waals surface area contributed by atoms with Crippen molar-refractivity contribution in [2.24, 2.45) is 14.1 Å². The molecule has 8 heteroatoms. The third kappa shape index (κ3) is 6.12. The molecule has 3 aromatic carbocycles. The molecule has 5 aromatic rings. The summed E-state index contributed by atoms with van der Waals surface area (Å²) in [7, 11) is 3.71. The number of fused-ring (bicyclic) bond motifs is 2. The first kappa shape index (κ1) is 28.3. The molecule has 0 spiro atoms. The number of hydrogen-bond donors (Lipinski definition) is 2. The lowest BCUT2D eigenvalue weighted by Crippen LogP contribution is -2.10. The van der Waals surface area contributed by atoms with Gasteiger partial charge in [0.1, 0.15) is 11.4 Å². The molecule has 0 aliphatic heterocycles. The van der Waals surface area contributed by atoms with E-state index in [9.17, 15) is 9.59 Å². The van der Waals surface area contributed by atoms with Crippen LogP contribution in [0.5, 0.6) is 0 Å². The summed E-state index contributed by atoms with van der Waals surface area (Å²) < 4.78 is 13.8. The van der Waals surface area contributed by atoms with E-state index in [1.165, 1.54) is 5.56 Å². The fraction of sp³-hybridized carbons (Fsp3) is 0.250. The second-order valence-electron chi connectivity index (χ2n) is 9.31. The normalized spacial score (nSPS) is 10.7. The van der Waals surface area contributed by atoms with Crippen LogP contribution in [0.1, 0.15) is 40.4 Å². The summed E-state index contributed by atoms with van der Waals surface area (Å²) in [6, 6.07) is 25.7. The maximum Gasteiger partial charge on any atom is 0.354 e. The van der Waals surface area contributed by atoms with E-state index in [1.807, 2.05) is 74.1 Å². The smallest absolute Gasteiger partial charge is 0.354 e. The zero-order valence-corrected chi connectivity index (χ0v) is 23.4. The van der Waals surface area contributed by atoms with Crippen molar-refractivity contribution in [2.75, 3.05) is 30.8 Å². The number of anilines is 2. The van der Waals surface area contributed by atoms with Crippen molar-refractivity contribution >= 4 is 45.1 Å². The van der Waals surface area contributed by atoms with Crippen LogP contribution in [0, 0.1) is 0 Å². The molecule has 0 bridgehead atoms. The van der Waals surface area contributed by atoms with Crippen LogP contribution in [0.15, 0.2) is 78.9 Å². The van der Waals surface area contributed by atoms with Gasteiger partial charge in [-0.05, 0) is 50.1 Å². The minimum Gasteiger partial charge on any atom is -0.461 e. The summed E-state index contributed by atoms with van der Waals surface area (Å²) in [6.45, 7) is 5.19. The highest BCUT2D eigenvalue weighted by molar-refractivity contribution is 6.00. The average molecular weight is 541 g/mol. The molecular formula is C32H36N4O4. The van der Waals surface area contributed by atoms with Crippen LogP contribution in [0.25, 0.3) is 21.8 Å². The molecule has 2 heterocycles. The van der Waals surface area contributed by atoms with Gasteiger partial charge in [-0.2, -0.15) is 0 Å². The number of nitrogens with two attached hydrogens (primary N) is 1. The lowest BCUT2D eigenvalue weighted by molar-refractivity contribution is 0.0506. The second-order valence-corrected chi connectivity index (χ2v) is 9.31. The van der Waals surface area contributed by atoms with Gasteiger partial charge in [0.25, 0.3) is 0 Å². The summed E-state index contributed by atoms with van der Waals surface area (Å²) in [6.07, 6.45) is 0.951. The number of benzene rings is 3. The first-order valence-electron chi connectivity index (χ1n) is 13.4. The third-order valence-corrected chi connectivity index (χ3v) is 6.68. The average Bonchev–Trinajstić information content (AvgIpc) is 3.48. The summed E-state index contributed by atoms with van der Waals surface area (Å²) in [5, 5.41) is 5.47. The minimum atomic E-state index is -0.319. The maximum absolute atomic E-state index is 12.1. The van der Waals surface area contributed by atoms with Crippen LogP contribution in [-0.4, -0.2) is 40.8 Å². The molecule has 0 unspecified atom stereocenters. The largest absolute Gasteiger partial charge is 0.461 e. The van der Waals surface area contributed by atoms with E-state index < -0.39 is 0 Å². The molecule has 0 atom stereocenters. The predicted molar refractivity (Wildman–Crippen MR) is 161 cm³/mol. The summed E-state index contributed by atoms with van der Waals surface area (Å²) in [5.74, 6) is -0.605. The maximum atomic E-state index is 12.1. The standard InChI is InChI=1S/C20H22N2O2.C12H14N2O2/c1-3-24-20(23)18-14-16-10-7-11-17(19(16)22(18)2)21-13-12-15-8-5-4-6-9-15;1-3-16-12(15)10-7-8-5-4-6-9(13)11(8)14(10)2/h4-11,14,21H,3,12-13H2,1-2H3;4-7H,3,13H2,1-2H3. The Kier molecular flexibility index (Phi) is 9.11. The topological polar surface area (TPSA) is 101 Å². The first-order chi connectivity index (χ1) is 19.3. The van der Waals surface area contributed by atoms with Gasteiger partial charge in [0, 0.05) is 31.4 Å². The van der Waals surface area contributed by atoms with Crippen LogP contribution in [0.3, 0.4) is 0 Å². The van der Waals surface area contributed by atoms with Crippen molar-refractivity contribution in [3.8, 4) is 0 Å². The van der Waals surface area contributed by atoms with Gasteiger partial charge < -0.3 is 29.7 Å². The Bertz CT molecular complexity index is 1620. The molecule has 208 valence electrons. The number of carbonyl (C=O) groups excluding carboxylic acids is 2. The van der Waals surface area contributed by atoms with Gasteiger partial charge >= 0.3 is 11.9 Å². The van der Waals surface area contributed by atoms with Crippen molar-refractivity contribution < 1.29 is 19.1 Å². The van der Waals surface area contributed by atoms with Gasteiger partial charge in [0.05, 0.1) is 35.6 Å². The highest BCUT2D eigenvalue weighted by Gasteiger charge is 2.17. The predicted octanol–water partition coefficient (Wildman–Crippen LogP) is 5.95. The van der Waals surface area contributed by atoms with E-state index in [1.54, 1.807) is 17.6 Å². The van der Waals surface area contributed by atoms with Gasteiger partial charge in [0.15, 0.2) is 0 Å². The SMILES string of the molecule is CCOC(=O)c1cc2cccc(N)c2n1C.CCOC(=O)c1cc2cccc(NCCc3ccccc3)c2n1C. The fourth-order valence-corrected chi connectivity index (χ4v) is 4.80. The molecule has 3 N–H and O–H groups in total. The van der Waals surface area contributed by atoms with Crippen LogP contribution in [-0.2, 0) is 30.0 Å². The van der Waals surface area contributed by atoms with Gasteiger partial charge in [-0.1, -0.05) is 54.6 Å². The summed E-state index contributed by atoms with van der Waals surface area (Å²) in [4.78, 5) is 23.7. The number of esters is 2. The van der Waals surface area contributed by atoms with Gasteiger partial charge in [-0.25, -0.2) is 9.59 Å². The van der Waals surface area contributed by atoms with E-state index in [4.69, 9.17) is 15.2 Å². The van der Waals surface area contributed by atoms with Crippen LogP contribution >= 0.6 is 0 Å². The van der Waals surface area contributed by atoms with Crippen LogP contribution < -0.4 is 11.1 Å². The number of rotatable bonds is 8. The van der Waals surface area contributed by atoms with E-state index in [0.717, 1.165) is 40.5 Å². The van der Waals surface area contributed by atoms with E-state index in [0.29, 0.717) is 30.3 Å². The molecule has 5 rings (SSSR count). The Labute approximate surface area is 234 Å². The summed E-state index contributed by atoms with van der Waals surface area (Å²) >= 11 is 0. The van der Waals surface area contributed by atoms with Crippen molar-refractivity contribution in [2.45, 2.75) is 20.3 Å². The van der Waals surface area contributed by atoms with Crippen LogP contribution in [0.2, 0.25) is 0 Å². The zero-order valence-electron chi connectivity index (χ0n) is 23.4. The number of nitrogens with zero attached hydrogens (tertiary/aromatic N) is 2. The zero-order chi connectivity index (χ0) is 28.6. The number of hydrogen-bond acceptors (Lipinski definition) is 6. The monoisotopic (exact) mass is 540 g/mol. The number of aromatic nitrogens is 2. The Balaban J connectivity index is 0.000000201. The quantitative estimate of drug-likeness (QED) is 0.186.